The SMILES string of the molecule is O=[N+]([O-])c1cc(Cl)c2n[nH]nc2c1. The number of non-ortho nitro benzene ring substituents is 1. The Bertz CT molecular complexity index is 480. The van der Waals surface area contributed by atoms with Crippen LogP contribution in [0, 0.1) is 10.1 Å². The molecule has 0 aliphatic heterocycles. The fraction of sp³-hybridized carbons (Fsp3) is 0. The van der Waals surface area contributed by atoms with Gasteiger partial charge in [0, 0.05) is 12.1 Å². The van der Waals surface area contributed by atoms with Crippen molar-refractivity contribution in [2.45, 2.75) is 0 Å². The number of aromatic amines is 1. The van der Waals surface area contributed by atoms with Crippen LogP contribution in [0.5, 0.6) is 0 Å². The van der Waals surface area contributed by atoms with Crippen LogP contribution in [-0.4, -0.2) is 20.3 Å². The molecule has 7 heteroatoms. The van der Waals surface area contributed by atoms with E-state index in [-0.39, 0.29) is 10.7 Å². The molecule has 0 amide bonds. The molecule has 0 fully saturated rings. The topological polar surface area (TPSA) is 84.7 Å². The lowest BCUT2D eigenvalue weighted by atomic mass is 10.3. The van der Waals surface area contributed by atoms with E-state index in [1.54, 1.807) is 0 Å². The zero-order chi connectivity index (χ0) is 9.42. The van der Waals surface area contributed by atoms with Crippen molar-refractivity contribution >= 4 is 28.3 Å². The molecule has 1 N–H and O–H groups in total. The molecule has 0 aliphatic rings. The van der Waals surface area contributed by atoms with Gasteiger partial charge in [-0.25, -0.2) is 0 Å². The van der Waals surface area contributed by atoms with E-state index in [0.29, 0.717) is 11.0 Å². The molecule has 2 rings (SSSR count). The summed E-state index contributed by atoms with van der Waals surface area (Å²) in [6.07, 6.45) is 0. The van der Waals surface area contributed by atoms with Crippen molar-refractivity contribution in [2.75, 3.05) is 0 Å². The van der Waals surface area contributed by atoms with Crippen molar-refractivity contribution in [1.29, 1.82) is 0 Å². The average Bonchev–Trinajstić information content (AvgIpc) is 2.51. The third-order valence-corrected chi connectivity index (χ3v) is 1.86. The Balaban J connectivity index is 2.77. The van der Waals surface area contributed by atoms with Crippen LogP contribution in [0.25, 0.3) is 11.0 Å². The highest BCUT2D eigenvalue weighted by Crippen LogP contribution is 2.25. The normalized spacial score (nSPS) is 10.5. The van der Waals surface area contributed by atoms with E-state index in [1.807, 2.05) is 0 Å². The minimum Gasteiger partial charge on any atom is -0.258 e. The number of hydrogen-bond acceptors (Lipinski definition) is 4. The van der Waals surface area contributed by atoms with Crippen LogP contribution in [0.3, 0.4) is 0 Å². The lowest BCUT2D eigenvalue weighted by Crippen LogP contribution is -1.87. The Morgan fingerprint density at radius 3 is 2.92 bits per heavy atom. The van der Waals surface area contributed by atoms with E-state index >= 15 is 0 Å². The van der Waals surface area contributed by atoms with Gasteiger partial charge in [-0.15, -0.1) is 0 Å². The molecule has 1 aromatic carbocycles. The number of hydrogen-bond donors (Lipinski definition) is 1. The zero-order valence-electron chi connectivity index (χ0n) is 6.19. The van der Waals surface area contributed by atoms with Gasteiger partial charge in [-0.05, 0) is 0 Å². The Kier molecular flexibility index (Phi) is 1.63. The van der Waals surface area contributed by atoms with Gasteiger partial charge < -0.3 is 0 Å². The number of nitrogens with one attached hydrogen (secondary N) is 1. The first-order valence-electron chi connectivity index (χ1n) is 3.33. The van der Waals surface area contributed by atoms with Crippen molar-refractivity contribution in [3.05, 3.63) is 27.3 Å². The van der Waals surface area contributed by atoms with E-state index < -0.39 is 4.92 Å². The number of H-pyrrole nitrogens is 1. The van der Waals surface area contributed by atoms with Crippen LogP contribution in [0.1, 0.15) is 0 Å². The van der Waals surface area contributed by atoms with Crippen molar-refractivity contribution in [1.82, 2.24) is 15.4 Å². The van der Waals surface area contributed by atoms with Crippen LogP contribution < -0.4 is 0 Å². The van der Waals surface area contributed by atoms with Gasteiger partial charge in [0.25, 0.3) is 5.69 Å². The van der Waals surface area contributed by atoms with E-state index in [0.717, 1.165) is 0 Å². The minimum absolute atomic E-state index is 0.0913. The highest BCUT2D eigenvalue weighted by atomic mass is 35.5. The summed E-state index contributed by atoms with van der Waals surface area (Å²) < 4.78 is 0. The van der Waals surface area contributed by atoms with E-state index in [4.69, 9.17) is 11.6 Å². The number of fused-ring (bicyclic) bond motifs is 1. The van der Waals surface area contributed by atoms with Gasteiger partial charge in [-0.1, -0.05) is 11.6 Å². The number of halogens is 1. The molecule has 0 spiro atoms. The van der Waals surface area contributed by atoms with Gasteiger partial charge in [-0.3, -0.25) is 10.1 Å². The summed E-state index contributed by atoms with van der Waals surface area (Å²) in [5.74, 6) is 0. The van der Waals surface area contributed by atoms with Crippen molar-refractivity contribution in [3.63, 3.8) is 0 Å². The smallest absolute Gasteiger partial charge is 0.258 e. The van der Waals surface area contributed by atoms with Crippen molar-refractivity contribution in [2.24, 2.45) is 0 Å². The van der Waals surface area contributed by atoms with Gasteiger partial charge in [0.1, 0.15) is 11.0 Å². The molecule has 0 saturated heterocycles. The van der Waals surface area contributed by atoms with E-state index in [9.17, 15) is 10.1 Å². The third-order valence-electron chi connectivity index (χ3n) is 1.57. The minimum atomic E-state index is -0.528. The number of nitro groups is 1. The lowest BCUT2D eigenvalue weighted by Gasteiger charge is -1.91. The molecule has 0 bridgehead atoms. The maximum absolute atomic E-state index is 10.4. The van der Waals surface area contributed by atoms with Crippen LogP contribution in [-0.2, 0) is 0 Å². The summed E-state index contributed by atoms with van der Waals surface area (Å²) in [5.41, 5.74) is 0.734. The summed E-state index contributed by atoms with van der Waals surface area (Å²) in [7, 11) is 0. The first-order chi connectivity index (χ1) is 6.18. The number of nitrogens with zero attached hydrogens (tertiary/aromatic N) is 3. The second kappa shape index (κ2) is 2.67. The monoisotopic (exact) mass is 198 g/mol. The Morgan fingerprint density at radius 1 is 1.46 bits per heavy atom. The summed E-state index contributed by atoms with van der Waals surface area (Å²) in [6, 6.07) is 2.55. The fourth-order valence-electron chi connectivity index (χ4n) is 1.00. The molecule has 2 aromatic rings. The molecular weight excluding hydrogens is 196 g/mol. The third kappa shape index (κ3) is 1.20. The largest absolute Gasteiger partial charge is 0.273 e. The second-order valence-electron chi connectivity index (χ2n) is 2.38. The van der Waals surface area contributed by atoms with Gasteiger partial charge in [0.2, 0.25) is 0 Å². The standard InChI is InChI=1S/C6H3ClN4O2/c7-4-1-3(11(12)13)2-5-6(4)9-10-8-5/h1-2H,(H,8,9,10). The van der Waals surface area contributed by atoms with E-state index in [1.165, 1.54) is 12.1 Å². The molecule has 0 radical (unpaired) electrons. The van der Waals surface area contributed by atoms with Crippen LogP contribution in [0.15, 0.2) is 12.1 Å². The number of nitro benzene ring substituents is 1. The Labute approximate surface area is 76.7 Å². The predicted molar refractivity (Wildman–Crippen MR) is 45.6 cm³/mol. The molecule has 1 aromatic heterocycles. The molecule has 0 unspecified atom stereocenters. The Morgan fingerprint density at radius 2 is 2.23 bits per heavy atom. The van der Waals surface area contributed by atoms with Gasteiger partial charge in [-0.2, -0.15) is 15.4 Å². The van der Waals surface area contributed by atoms with Crippen LogP contribution >= 0.6 is 11.6 Å². The molecule has 0 saturated carbocycles. The number of benzene rings is 1. The fourth-order valence-corrected chi connectivity index (χ4v) is 1.25. The van der Waals surface area contributed by atoms with Gasteiger partial charge in [0.05, 0.1) is 9.95 Å². The first-order valence-corrected chi connectivity index (χ1v) is 3.70. The maximum Gasteiger partial charge on any atom is 0.273 e. The molecule has 6 nitrogen and oxygen atoms in total. The second-order valence-corrected chi connectivity index (χ2v) is 2.78. The highest BCUT2D eigenvalue weighted by molar-refractivity contribution is 6.35. The molecule has 13 heavy (non-hydrogen) atoms. The van der Waals surface area contributed by atoms with Crippen LogP contribution in [0.4, 0.5) is 5.69 Å². The highest BCUT2D eigenvalue weighted by Gasteiger charge is 2.12. The molecular formula is C6H3ClN4O2. The van der Waals surface area contributed by atoms with Crippen molar-refractivity contribution < 1.29 is 4.92 Å². The predicted octanol–water partition coefficient (Wildman–Crippen LogP) is 1.52. The van der Waals surface area contributed by atoms with E-state index in [2.05, 4.69) is 15.4 Å². The van der Waals surface area contributed by atoms with Gasteiger partial charge in [0.15, 0.2) is 0 Å². The van der Waals surface area contributed by atoms with Crippen LogP contribution in [0.2, 0.25) is 5.02 Å². The molecule has 0 aliphatic carbocycles. The summed E-state index contributed by atoms with van der Waals surface area (Å²) in [5, 5.41) is 20.4. The maximum atomic E-state index is 10.4. The molecule has 0 atom stereocenters. The first kappa shape index (κ1) is 7.93. The average molecular weight is 199 g/mol. The number of rotatable bonds is 1. The number of aromatic nitrogens is 3. The van der Waals surface area contributed by atoms with Crippen molar-refractivity contribution in [3.8, 4) is 0 Å². The quantitative estimate of drug-likeness (QED) is 0.556. The molecule has 1 heterocycles. The summed E-state index contributed by atoms with van der Waals surface area (Å²) in [4.78, 5) is 9.88. The summed E-state index contributed by atoms with van der Waals surface area (Å²) >= 11 is 5.72. The molecule has 66 valence electrons. The summed E-state index contributed by atoms with van der Waals surface area (Å²) in [6.45, 7) is 0. The lowest BCUT2D eigenvalue weighted by molar-refractivity contribution is -0.384. The van der Waals surface area contributed by atoms with Gasteiger partial charge >= 0.3 is 0 Å². The zero-order valence-corrected chi connectivity index (χ0v) is 6.95. The Hall–Kier alpha value is -1.69.